The number of nitrogens with one attached hydrogen (secondary N) is 1. The molecule has 0 amide bonds. The van der Waals surface area contributed by atoms with Crippen molar-refractivity contribution in [2.75, 3.05) is 13.7 Å². The summed E-state index contributed by atoms with van der Waals surface area (Å²) >= 11 is 0. The van der Waals surface area contributed by atoms with E-state index in [-0.39, 0.29) is 4.90 Å². The summed E-state index contributed by atoms with van der Waals surface area (Å²) in [5.74, 6) is 1.19. The largest absolute Gasteiger partial charge is 0.497 e. The van der Waals surface area contributed by atoms with Crippen LogP contribution in [0.15, 0.2) is 29.2 Å². The van der Waals surface area contributed by atoms with E-state index in [1.165, 1.54) is 0 Å². The minimum absolute atomic E-state index is 0.286. The third-order valence-electron chi connectivity index (χ3n) is 2.63. The quantitative estimate of drug-likeness (QED) is 0.847. The van der Waals surface area contributed by atoms with Gasteiger partial charge in [-0.1, -0.05) is 0 Å². The van der Waals surface area contributed by atoms with Gasteiger partial charge in [-0.15, -0.1) is 0 Å². The molecular formula is C11H15NO3S. The first-order valence-electron chi connectivity index (χ1n) is 5.25. The number of ether oxygens (including phenoxy) is 1. The Hall–Kier alpha value is -1.07. The van der Waals surface area contributed by atoms with E-state index in [0.29, 0.717) is 18.2 Å². The summed E-state index contributed by atoms with van der Waals surface area (Å²) < 4.78 is 31.2. The molecule has 1 fully saturated rings. The molecule has 1 saturated carbocycles. The van der Waals surface area contributed by atoms with E-state index in [9.17, 15) is 8.42 Å². The highest BCUT2D eigenvalue weighted by Gasteiger charge is 2.24. The molecular weight excluding hydrogens is 226 g/mol. The lowest BCUT2D eigenvalue weighted by molar-refractivity contribution is 0.414. The first kappa shape index (κ1) is 11.4. The summed E-state index contributed by atoms with van der Waals surface area (Å²) in [4.78, 5) is 0.286. The zero-order valence-electron chi connectivity index (χ0n) is 9.14. The molecule has 5 heteroatoms. The normalized spacial score (nSPS) is 16.1. The number of hydrogen-bond donors (Lipinski definition) is 1. The van der Waals surface area contributed by atoms with Crippen molar-refractivity contribution < 1.29 is 13.2 Å². The number of hydrogen-bond acceptors (Lipinski definition) is 3. The summed E-state index contributed by atoms with van der Waals surface area (Å²) in [5.41, 5.74) is 0. The second kappa shape index (κ2) is 4.43. The smallest absolute Gasteiger partial charge is 0.240 e. The van der Waals surface area contributed by atoms with E-state index in [2.05, 4.69) is 4.72 Å². The highest BCUT2D eigenvalue weighted by molar-refractivity contribution is 7.89. The molecule has 2 rings (SSSR count). The molecule has 0 radical (unpaired) electrons. The van der Waals surface area contributed by atoms with Gasteiger partial charge in [-0.2, -0.15) is 0 Å². The Morgan fingerprint density at radius 1 is 1.31 bits per heavy atom. The van der Waals surface area contributed by atoms with Gasteiger partial charge in [0.05, 0.1) is 12.0 Å². The third kappa shape index (κ3) is 2.74. The standard InChI is InChI=1S/C11H15NO3S/c1-15-10-4-6-11(7-5-10)16(13,14)12-8-9-2-3-9/h4-7,9,12H,2-3,8H2,1H3. The van der Waals surface area contributed by atoms with Crippen LogP contribution in [-0.4, -0.2) is 22.1 Å². The summed E-state index contributed by atoms with van der Waals surface area (Å²) in [6, 6.07) is 6.39. The Morgan fingerprint density at radius 3 is 2.44 bits per heavy atom. The van der Waals surface area contributed by atoms with Gasteiger partial charge in [-0.3, -0.25) is 0 Å². The van der Waals surface area contributed by atoms with Crippen molar-refractivity contribution >= 4 is 10.0 Å². The van der Waals surface area contributed by atoms with Crippen LogP contribution in [0.5, 0.6) is 5.75 Å². The maximum absolute atomic E-state index is 11.8. The Balaban J connectivity index is 2.07. The van der Waals surface area contributed by atoms with Crippen molar-refractivity contribution in [2.24, 2.45) is 5.92 Å². The maximum atomic E-state index is 11.8. The van der Waals surface area contributed by atoms with Crippen molar-refractivity contribution in [3.63, 3.8) is 0 Å². The fraction of sp³-hybridized carbons (Fsp3) is 0.455. The van der Waals surface area contributed by atoms with Gasteiger partial charge in [0, 0.05) is 6.54 Å². The monoisotopic (exact) mass is 241 g/mol. The molecule has 0 unspecified atom stereocenters. The van der Waals surface area contributed by atoms with E-state index < -0.39 is 10.0 Å². The van der Waals surface area contributed by atoms with Crippen molar-refractivity contribution in [1.82, 2.24) is 4.72 Å². The summed E-state index contributed by atoms with van der Waals surface area (Å²) in [6.07, 6.45) is 2.26. The van der Waals surface area contributed by atoms with Crippen LogP contribution < -0.4 is 9.46 Å². The van der Waals surface area contributed by atoms with E-state index in [1.54, 1.807) is 31.4 Å². The second-order valence-corrected chi connectivity index (χ2v) is 5.74. The Bertz CT molecular complexity index is 449. The van der Waals surface area contributed by atoms with E-state index in [4.69, 9.17) is 4.74 Å². The van der Waals surface area contributed by atoms with Crippen molar-refractivity contribution in [1.29, 1.82) is 0 Å². The van der Waals surface area contributed by atoms with Gasteiger partial charge in [0.25, 0.3) is 0 Å². The minimum atomic E-state index is -3.35. The number of benzene rings is 1. The van der Waals surface area contributed by atoms with E-state index >= 15 is 0 Å². The lowest BCUT2D eigenvalue weighted by atomic mass is 10.3. The Kier molecular flexibility index (Phi) is 3.16. The van der Waals surface area contributed by atoms with Gasteiger partial charge in [0.1, 0.15) is 5.75 Å². The van der Waals surface area contributed by atoms with Gasteiger partial charge >= 0.3 is 0 Å². The highest BCUT2D eigenvalue weighted by Crippen LogP contribution is 2.28. The Morgan fingerprint density at radius 2 is 1.94 bits per heavy atom. The molecule has 16 heavy (non-hydrogen) atoms. The van der Waals surface area contributed by atoms with Crippen molar-refractivity contribution in [3.05, 3.63) is 24.3 Å². The summed E-state index contributed by atoms with van der Waals surface area (Å²) in [7, 11) is -1.80. The molecule has 1 aromatic rings. The van der Waals surface area contributed by atoms with E-state index in [0.717, 1.165) is 12.8 Å². The molecule has 0 bridgehead atoms. The van der Waals surface area contributed by atoms with Crippen LogP contribution in [-0.2, 0) is 10.0 Å². The van der Waals surface area contributed by atoms with Crippen molar-refractivity contribution in [3.8, 4) is 5.75 Å². The second-order valence-electron chi connectivity index (χ2n) is 3.97. The van der Waals surface area contributed by atoms with Gasteiger partial charge < -0.3 is 4.74 Å². The molecule has 0 atom stereocenters. The van der Waals surface area contributed by atoms with Gasteiger partial charge in [-0.05, 0) is 43.0 Å². The molecule has 0 aliphatic heterocycles. The van der Waals surface area contributed by atoms with Crippen LogP contribution in [0.2, 0.25) is 0 Å². The molecule has 1 N–H and O–H groups in total. The molecule has 0 aromatic heterocycles. The lowest BCUT2D eigenvalue weighted by Crippen LogP contribution is -2.25. The number of rotatable bonds is 5. The van der Waals surface area contributed by atoms with Gasteiger partial charge in [0.15, 0.2) is 0 Å². The van der Waals surface area contributed by atoms with Crippen LogP contribution >= 0.6 is 0 Å². The summed E-state index contributed by atoms with van der Waals surface area (Å²) in [6.45, 7) is 0.550. The van der Waals surface area contributed by atoms with Crippen LogP contribution in [0.4, 0.5) is 0 Å². The summed E-state index contributed by atoms with van der Waals surface area (Å²) in [5, 5.41) is 0. The molecule has 0 heterocycles. The molecule has 4 nitrogen and oxygen atoms in total. The lowest BCUT2D eigenvalue weighted by Gasteiger charge is -2.06. The Labute approximate surface area is 95.7 Å². The van der Waals surface area contributed by atoms with Crippen molar-refractivity contribution in [2.45, 2.75) is 17.7 Å². The topological polar surface area (TPSA) is 55.4 Å². The molecule has 0 saturated heterocycles. The SMILES string of the molecule is COc1ccc(S(=O)(=O)NCC2CC2)cc1. The van der Waals surface area contributed by atoms with Crippen LogP contribution in [0.1, 0.15) is 12.8 Å². The fourth-order valence-corrected chi connectivity index (χ4v) is 2.50. The van der Waals surface area contributed by atoms with Crippen LogP contribution in [0, 0.1) is 5.92 Å². The maximum Gasteiger partial charge on any atom is 0.240 e. The minimum Gasteiger partial charge on any atom is -0.497 e. The number of methoxy groups -OCH3 is 1. The molecule has 1 aromatic carbocycles. The first-order chi connectivity index (χ1) is 7.62. The predicted molar refractivity (Wildman–Crippen MR) is 60.9 cm³/mol. The zero-order valence-corrected chi connectivity index (χ0v) is 9.96. The van der Waals surface area contributed by atoms with Crippen LogP contribution in [0.25, 0.3) is 0 Å². The average Bonchev–Trinajstić information content (AvgIpc) is 3.10. The molecule has 0 spiro atoms. The van der Waals surface area contributed by atoms with Gasteiger partial charge in [-0.25, -0.2) is 13.1 Å². The average molecular weight is 241 g/mol. The fourth-order valence-electron chi connectivity index (χ4n) is 1.39. The van der Waals surface area contributed by atoms with E-state index in [1.807, 2.05) is 0 Å². The third-order valence-corrected chi connectivity index (χ3v) is 4.07. The highest BCUT2D eigenvalue weighted by atomic mass is 32.2. The molecule has 1 aliphatic carbocycles. The predicted octanol–water partition coefficient (Wildman–Crippen LogP) is 1.38. The van der Waals surface area contributed by atoms with Crippen LogP contribution in [0.3, 0.4) is 0 Å². The van der Waals surface area contributed by atoms with Gasteiger partial charge in [0.2, 0.25) is 10.0 Å². The molecule has 1 aliphatic rings. The number of sulfonamides is 1. The zero-order chi connectivity index (χ0) is 11.6. The first-order valence-corrected chi connectivity index (χ1v) is 6.74. The molecule has 88 valence electrons.